The highest BCUT2D eigenvalue weighted by atomic mass is 32.2. The van der Waals surface area contributed by atoms with Crippen molar-refractivity contribution in [1.29, 1.82) is 0 Å². The minimum Gasteiger partial charge on any atom is -0.328 e. The summed E-state index contributed by atoms with van der Waals surface area (Å²) in [7, 11) is 0. The molecule has 110 valence electrons. The van der Waals surface area contributed by atoms with Gasteiger partial charge in [-0.25, -0.2) is 4.98 Å². The maximum absolute atomic E-state index is 6.26. The van der Waals surface area contributed by atoms with Gasteiger partial charge in [0.25, 0.3) is 0 Å². The summed E-state index contributed by atoms with van der Waals surface area (Å²) in [5, 5.41) is 0. The van der Waals surface area contributed by atoms with Crippen LogP contribution in [0.15, 0.2) is 24.3 Å². The fraction of sp³-hybridized carbons (Fsp3) is 0.562. The van der Waals surface area contributed by atoms with Gasteiger partial charge in [-0.2, -0.15) is 11.8 Å². The van der Waals surface area contributed by atoms with Crippen molar-refractivity contribution in [3.05, 3.63) is 30.1 Å². The Labute approximate surface area is 125 Å². The minimum absolute atomic E-state index is 0.193. The number of para-hydroxylation sites is 2. The number of benzene rings is 1. The summed E-state index contributed by atoms with van der Waals surface area (Å²) in [5.74, 6) is 3.35. The van der Waals surface area contributed by atoms with Crippen molar-refractivity contribution in [2.24, 2.45) is 5.73 Å². The van der Waals surface area contributed by atoms with Crippen LogP contribution >= 0.6 is 11.8 Å². The zero-order chi connectivity index (χ0) is 14.4. The summed E-state index contributed by atoms with van der Waals surface area (Å²) < 4.78 is 2.33. The van der Waals surface area contributed by atoms with E-state index in [-0.39, 0.29) is 6.04 Å². The number of imidazole rings is 1. The molecule has 1 unspecified atom stereocenters. The Kier molecular flexibility index (Phi) is 5.92. The average Bonchev–Trinajstić information content (AvgIpc) is 2.78. The molecule has 0 aliphatic heterocycles. The van der Waals surface area contributed by atoms with Crippen molar-refractivity contribution in [3.8, 4) is 0 Å². The maximum atomic E-state index is 6.26. The van der Waals surface area contributed by atoms with Gasteiger partial charge in [0.15, 0.2) is 0 Å². The molecule has 0 spiro atoms. The fourth-order valence-electron chi connectivity index (χ4n) is 2.43. The largest absolute Gasteiger partial charge is 0.328 e. The Morgan fingerprint density at radius 3 is 2.80 bits per heavy atom. The third-order valence-corrected chi connectivity index (χ3v) is 4.67. The molecule has 1 aromatic heterocycles. The molecular formula is C16H25N3S. The summed E-state index contributed by atoms with van der Waals surface area (Å²) in [6, 6.07) is 8.56. The SMILES string of the molecule is CCCSCC(N)Cc1nc2ccccc2n1CCC. The zero-order valence-corrected chi connectivity index (χ0v) is 13.3. The molecule has 0 aliphatic carbocycles. The van der Waals surface area contributed by atoms with E-state index in [0.717, 1.165) is 36.5 Å². The van der Waals surface area contributed by atoms with Crippen molar-refractivity contribution in [1.82, 2.24) is 9.55 Å². The van der Waals surface area contributed by atoms with Gasteiger partial charge in [0.2, 0.25) is 0 Å². The summed E-state index contributed by atoms with van der Waals surface area (Å²) >= 11 is 1.94. The molecule has 0 radical (unpaired) electrons. The van der Waals surface area contributed by atoms with Crippen LogP contribution in [0.1, 0.15) is 32.5 Å². The van der Waals surface area contributed by atoms with Gasteiger partial charge in [0.05, 0.1) is 11.0 Å². The molecule has 4 heteroatoms. The summed E-state index contributed by atoms with van der Waals surface area (Å²) in [4.78, 5) is 4.77. The lowest BCUT2D eigenvalue weighted by atomic mass is 10.2. The van der Waals surface area contributed by atoms with Crippen LogP contribution in [0.4, 0.5) is 0 Å². The van der Waals surface area contributed by atoms with Crippen LogP contribution in [0, 0.1) is 0 Å². The molecule has 3 nitrogen and oxygen atoms in total. The first-order valence-electron chi connectivity index (χ1n) is 7.53. The standard InChI is InChI=1S/C16H25N3S/c1-3-9-19-15-8-6-5-7-14(15)18-16(19)11-13(17)12-20-10-4-2/h5-8,13H,3-4,9-12,17H2,1-2H3. The first-order chi connectivity index (χ1) is 9.76. The van der Waals surface area contributed by atoms with E-state index in [1.807, 2.05) is 17.8 Å². The minimum atomic E-state index is 0.193. The quantitative estimate of drug-likeness (QED) is 0.758. The topological polar surface area (TPSA) is 43.8 Å². The summed E-state index contributed by atoms with van der Waals surface area (Å²) in [6.07, 6.45) is 3.20. The predicted molar refractivity (Wildman–Crippen MR) is 89.3 cm³/mol. The summed E-state index contributed by atoms with van der Waals surface area (Å²) in [6.45, 7) is 5.43. The second-order valence-corrected chi connectivity index (χ2v) is 6.36. The van der Waals surface area contributed by atoms with E-state index in [1.54, 1.807) is 0 Å². The monoisotopic (exact) mass is 291 g/mol. The third kappa shape index (κ3) is 3.76. The molecule has 1 atom stereocenters. The van der Waals surface area contributed by atoms with Gasteiger partial charge in [-0.05, 0) is 30.7 Å². The molecule has 0 aliphatic rings. The number of hydrogen-bond acceptors (Lipinski definition) is 3. The molecular weight excluding hydrogens is 266 g/mol. The lowest BCUT2D eigenvalue weighted by Crippen LogP contribution is -2.27. The number of aryl methyl sites for hydroxylation is 1. The second kappa shape index (κ2) is 7.70. The van der Waals surface area contributed by atoms with E-state index >= 15 is 0 Å². The molecule has 0 bridgehead atoms. The number of fused-ring (bicyclic) bond motifs is 1. The van der Waals surface area contributed by atoms with Crippen LogP contribution in [-0.2, 0) is 13.0 Å². The van der Waals surface area contributed by atoms with Crippen molar-refractivity contribution in [3.63, 3.8) is 0 Å². The molecule has 2 aromatic rings. The van der Waals surface area contributed by atoms with Gasteiger partial charge in [0, 0.05) is 24.8 Å². The van der Waals surface area contributed by atoms with Gasteiger partial charge >= 0.3 is 0 Å². The number of hydrogen-bond donors (Lipinski definition) is 1. The number of rotatable bonds is 8. The number of aromatic nitrogens is 2. The van der Waals surface area contributed by atoms with Gasteiger partial charge in [-0.15, -0.1) is 0 Å². The van der Waals surface area contributed by atoms with Crippen molar-refractivity contribution < 1.29 is 0 Å². The lowest BCUT2D eigenvalue weighted by molar-refractivity contribution is 0.619. The first kappa shape index (κ1) is 15.4. The molecule has 2 N–H and O–H groups in total. The molecule has 1 heterocycles. The molecule has 20 heavy (non-hydrogen) atoms. The van der Waals surface area contributed by atoms with Crippen LogP contribution in [0.25, 0.3) is 11.0 Å². The van der Waals surface area contributed by atoms with E-state index in [2.05, 4.69) is 36.6 Å². The van der Waals surface area contributed by atoms with E-state index in [4.69, 9.17) is 10.7 Å². The third-order valence-electron chi connectivity index (χ3n) is 3.31. The Balaban J connectivity index is 2.13. The number of thioether (sulfide) groups is 1. The molecule has 0 saturated heterocycles. The van der Waals surface area contributed by atoms with Crippen molar-refractivity contribution in [2.75, 3.05) is 11.5 Å². The Bertz CT molecular complexity index is 536. The highest BCUT2D eigenvalue weighted by molar-refractivity contribution is 7.99. The normalized spacial score (nSPS) is 12.9. The zero-order valence-electron chi connectivity index (χ0n) is 12.5. The van der Waals surface area contributed by atoms with Gasteiger partial charge in [-0.3, -0.25) is 0 Å². The predicted octanol–water partition coefficient (Wildman–Crippen LogP) is 3.46. The highest BCUT2D eigenvalue weighted by Gasteiger charge is 2.13. The van der Waals surface area contributed by atoms with E-state index < -0.39 is 0 Å². The smallest absolute Gasteiger partial charge is 0.111 e. The average molecular weight is 291 g/mol. The fourth-order valence-corrected chi connectivity index (χ4v) is 3.30. The van der Waals surface area contributed by atoms with Crippen molar-refractivity contribution in [2.45, 2.75) is 45.7 Å². The van der Waals surface area contributed by atoms with Crippen LogP contribution in [0.2, 0.25) is 0 Å². The molecule has 2 rings (SSSR count). The Morgan fingerprint density at radius 2 is 2.05 bits per heavy atom. The molecule has 0 fully saturated rings. The summed E-state index contributed by atoms with van der Waals surface area (Å²) in [5.41, 5.74) is 8.58. The van der Waals surface area contributed by atoms with Crippen LogP contribution < -0.4 is 5.73 Å². The maximum Gasteiger partial charge on any atom is 0.111 e. The molecule has 0 saturated carbocycles. The molecule has 1 aromatic carbocycles. The second-order valence-electron chi connectivity index (χ2n) is 5.21. The van der Waals surface area contributed by atoms with Crippen molar-refractivity contribution >= 4 is 22.8 Å². The first-order valence-corrected chi connectivity index (χ1v) is 8.69. The Hall–Kier alpha value is -1.00. The van der Waals surface area contributed by atoms with Gasteiger partial charge in [0.1, 0.15) is 5.82 Å². The number of nitrogens with zero attached hydrogens (tertiary/aromatic N) is 2. The highest BCUT2D eigenvalue weighted by Crippen LogP contribution is 2.18. The van der Waals surface area contributed by atoms with E-state index in [0.29, 0.717) is 0 Å². The van der Waals surface area contributed by atoms with Gasteiger partial charge in [-0.1, -0.05) is 26.0 Å². The molecule has 0 amide bonds. The van der Waals surface area contributed by atoms with Crippen LogP contribution in [-0.4, -0.2) is 27.1 Å². The van der Waals surface area contributed by atoms with Crippen LogP contribution in [0.3, 0.4) is 0 Å². The van der Waals surface area contributed by atoms with Crippen LogP contribution in [0.5, 0.6) is 0 Å². The lowest BCUT2D eigenvalue weighted by Gasteiger charge is -2.12. The number of nitrogens with two attached hydrogens (primary N) is 1. The Morgan fingerprint density at radius 1 is 1.25 bits per heavy atom. The van der Waals surface area contributed by atoms with Gasteiger partial charge < -0.3 is 10.3 Å². The van der Waals surface area contributed by atoms with E-state index in [9.17, 15) is 0 Å². The van der Waals surface area contributed by atoms with E-state index in [1.165, 1.54) is 17.7 Å².